The van der Waals surface area contributed by atoms with Crippen LogP contribution in [0.25, 0.3) is 0 Å². The minimum absolute atomic E-state index is 0.0693. The number of aliphatic hydroxyl groups is 1. The maximum atomic E-state index is 9.35. The molecule has 3 heteroatoms. The second-order valence-corrected chi connectivity index (χ2v) is 4.20. The van der Waals surface area contributed by atoms with Crippen LogP contribution in [0.1, 0.15) is 19.4 Å². The van der Waals surface area contributed by atoms with Gasteiger partial charge in [-0.3, -0.25) is 0 Å². The fraction of sp³-hybridized carbons (Fsp3) is 0.538. The van der Waals surface area contributed by atoms with Crippen molar-refractivity contribution < 1.29 is 9.84 Å². The molecular formula is C13H21NO2. The van der Waals surface area contributed by atoms with Gasteiger partial charge in [-0.05, 0) is 19.4 Å². The first kappa shape index (κ1) is 13.2. The average molecular weight is 223 g/mol. The third-order valence-electron chi connectivity index (χ3n) is 2.54. The number of ether oxygens (including phenoxy) is 1. The van der Waals surface area contributed by atoms with Crippen LogP contribution in [0.3, 0.4) is 0 Å². The van der Waals surface area contributed by atoms with Crippen molar-refractivity contribution in [2.45, 2.75) is 25.9 Å². The zero-order chi connectivity index (χ0) is 11.9. The first-order chi connectivity index (χ1) is 7.70. The zero-order valence-corrected chi connectivity index (χ0v) is 10.1. The summed E-state index contributed by atoms with van der Waals surface area (Å²) in [6.07, 6.45) is 0. The van der Waals surface area contributed by atoms with E-state index < -0.39 is 0 Å². The van der Waals surface area contributed by atoms with Crippen LogP contribution < -0.4 is 5.32 Å². The van der Waals surface area contributed by atoms with Gasteiger partial charge in [-0.15, -0.1) is 0 Å². The van der Waals surface area contributed by atoms with Crippen molar-refractivity contribution >= 4 is 0 Å². The molecule has 0 aliphatic carbocycles. The van der Waals surface area contributed by atoms with Gasteiger partial charge >= 0.3 is 0 Å². The summed E-state index contributed by atoms with van der Waals surface area (Å²) in [4.78, 5) is 0. The summed E-state index contributed by atoms with van der Waals surface area (Å²) in [6.45, 7) is 5.92. The Hall–Kier alpha value is -0.900. The Kier molecular flexibility index (Phi) is 5.46. The molecule has 0 saturated carbocycles. The lowest BCUT2D eigenvalue weighted by molar-refractivity contribution is 0.0496. The van der Waals surface area contributed by atoms with Crippen LogP contribution in [0, 0.1) is 0 Å². The summed E-state index contributed by atoms with van der Waals surface area (Å²) in [5.74, 6) is 0. The normalized spacial score (nSPS) is 14.7. The standard InChI is InChI=1S/C13H21NO2/c1-3-16-11-13(2,10-15)14-9-12-7-5-4-6-8-12/h4-8,14-15H,3,9-11H2,1-2H3. The molecule has 3 nitrogen and oxygen atoms in total. The Labute approximate surface area is 97.4 Å². The maximum Gasteiger partial charge on any atom is 0.0668 e. The van der Waals surface area contributed by atoms with Crippen LogP contribution in [-0.2, 0) is 11.3 Å². The predicted octanol–water partition coefficient (Wildman–Crippen LogP) is 1.56. The Balaban J connectivity index is 2.44. The number of benzene rings is 1. The molecule has 1 atom stereocenters. The molecule has 1 rings (SSSR count). The van der Waals surface area contributed by atoms with Gasteiger partial charge in [0, 0.05) is 13.2 Å². The third kappa shape index (κ3) is 4.31. The van der Waals surface area contributed by atoms with E-state index in [9.17, 15) is 5.11 Å². The number of hydrogen-bond acceptors (Lipinski definition) is 3. The second-order valence-electron chi connectivity index (χ2n) is 4.20. The lowest BCUT2D eigenvalue weighted by atomic mass is 10.0. The van der Waals surface area contributed by atoms with E-state index in [0.717, 1.165) is 6.54 Å². The van der Waals surface area contributed by atoms with Crippen molar-refractivity contribution in [1.82, 2.24) is 5.32 Å². The lowest BCUT2D eigenvalue weighted by Crippen LogP contribution is -2.49. The van der Waals surface area contributed by atoms with E-state index in [1.165, 1.54) is 5.56 Å². The van der Waals surface area contributed by atoms with Gasteiger partial charge in [0.1, 0.15) is 0 Å². The summed E-state index contributed by atoms with van der Waals surface area (Å²) >= 11 is 0. The van der Waals surface area contributed by atoms with E-state index in [4.69, 9.17) is 4.74 Å². The highest BCUT2D eigenvalue weighted by Gasteiger charge is 2.22. The highest BCUT2D eigenvalue weighted by atomic mass is 16.5. The summed E-state index contributed by atoms with van der Waals surface area (Å²) in [5.41, 5.74) is 0.838. The molecule has 1 unspecified atom stereocenters. The SMILES string of the molecule is CCOCC(C)(CO)NCc1ccccc1. The smallest absolute Gasteiger partial charge is 0.0668 e. The van der Waals surface area contributed by atoms with E-state index in [1.54, 1.807) is 0 Å². The van der Waals surface area contributed by atoms with Gasteiger partial charge in [-0.25, -0.2) is 0 Å². The molecule has 90 valence electrons. The van der Waals surface area contributed by atoms with Gasteiger partial charge in [-0.2, -0.15) is 0 Å². The molecule has 0 amide bonds. The predicted molar refractivity (Wildman–Crippen MR) is 65.3 cm³/mol. The first-order valence-corrected chi connectivity index (χ1v) is 5.68. The topological polar surface area (TPSA) is 41.5 Å². The molecule has 0 radical (unpaired) electrons. The van der Waals surface area contributed by atoms with Crippen molar-refractivity contribution in [3.63, 3.8) is 0 Å². The van der Waals surface area contributed by atoms with Crippen LogP contribution in [0.15, 0.2) is 30.3 Å². The van der Waals surface area contributed by atoms with Crippen molar-refractivity contribution in [2.75, 3.05) is 19.8 Å². The van der Waals surface area contributed by atoms with Crippen LogP contribution in [-0.4, -0.2) is 30.5 Å². The molecule has 2 N–H and O–H groups in total. The molecule has 0 bridgehead atoms. The van der Waals surface area contributed by atoms with Crippen LogP contribution >= 0.6 is 0 Å². The van der Waals surface area contributed by atoms with E-state index in [-0.39, 0.29) is 12.1 Å². The Morgan fingerprint density at radius 2 is 2.00 bits per heavy atom. The minimum Gasteiger partial charge on any atom is -0.394 e. The first-order valence-electron chi connectivity index (χ1n) is 5.68. The van der Waals surface area contributed by atoms with Crippen LogP contribution in [0.2, 0.25) is 0 Å². The van der Waals surface area contributed by atoms with Crippen molar-refractivity contribution in [2.24, 2.45) is 0 Å². The monoisotopic (exact) mass is 223 g/mol. The van der Waals surface area contributed by atoms with E-state index in [2.05, 4.69) is 17.4 Å². The molecule has 0 aliphatic heterocycles. The molecular weight excluding hydrogens is 202 g/mol. The number of rotatable bonds is 7. The second kappa shape index (κ2) is 6.63. The molecule has 0 aromatic heterocycles. The molecule has 0 spiro atoms. The maximum absolute atomic E-state index is 9.35. The lowest BCUT2D eigenvalue weighted by Gasteiger charge is -2.28. The van der Waals surface area contributed by atoms with Crippen molar-refractivity contribution in [1.29, 1.82) is 0 Å². The highest BCUT2D eigenvalue weighted by molar-refractivity contribution is 5.14. The fourth-order valence-corrected chi connectivity index (χ4v) is 1.39. The summed E-state index contributed by atoms with van der Waals surface area (Å²) < 4.78 is 5.36. The molecule has 0 saturated heterocycles. The van der Waals surface area contributed by atoms with Gasteiger partial charge in [0.2, 0.25) is 0 Å². The summed E-state index contributed by atoms with van der Waals surface area (Å²) in [6, 6.07) is 10.1. The third-order valence-corrected chi connectivity index (χ3v) is 2.54. The number of nitrogens with one attached hydrogen (secondary N) is 1. The fourth-order valence-electron chi connectivity index (χ4n) is 1.39. The van der Waals surface area contributed by atoms with Crippen molar-refractivity contribution in [3.05, 3.63) is 35.9 Å². The quantitative estimate of drug-likeness (QED) is 0.737. The van der Waals surface area contributed by atoms with E-state index in [1.807, 2.05) is 32.0 Å². The molecule has 1 aromatic rings. The van der Waals surface area contributed by atoms with Gasteiger partial charge < -0.3 is 15.2 Å². The largest absolute Gasteiger partial charge is 0.394 e. The van der Waals surface area contributed by atoms with E-state index >= 15 is 0 Å². The molecule has 0 heterocycles. The average Bonchev–Trinajstić information content (AvgIpc) is 2.35. The zero-order valence-electron chi connectivity index (χ0n) is 10.1. The van der Waals surface area contributed by atoms with Gasteiger partial charge in [0.15, 0.2) is 0 Å². The number of hydrogen-bond donors (Lipinski definition) is 2. The molecule has 16 heavy (non-hydrogen) atoms. The summed E-state index contributed by atoms with van der Waals surface area (Å²) in [5, 5.41) is 12.7. The number of aliphatic hydroxyl groups excluding tert-OH is 1. The Bertz CT molecular complexity index is 289. The van der Waals surface area contributed by atoms with Crippen molar-refractivity contribution in [3.8, 4) is 0 Å². The van der Waals surface area contributed by atoms with Crippen LogP contribution in [0.5, 0.6) is 0 Å². The molecule has 0 aliphatic rings. The van der Waals surface area contributed by atoms with Gasteiger partial charge in [-0.1, -0.05) is 30.3 Å². The van der Waals surface area contributed by atoms with Gasteiger partial charge in [0.05, 0.1) is 18.8 Å². The summed E-state index contributed by atoms with van der Waals surface area (Å²) in [7, 11) is 0. The highest BCUT2D eigenvalue weighted by Crippen LogP contribution is 2.06. The van der Waals surface area contributed by atoms with Gasteiger partial charge in [0.25, 0.3) is 0 Å². The van der Waals surface area contributed by atoms with Crippen LogP contribution in [0.4, 0.5) is 0 Å². The van der Waals surface area contributed by atoms with E-state index in [0.29, 0.717) is 13.2 Å². The Morgan fingerprint density at radius 3 is 2.56 bits per heavy atom. The minimum atomic E-state index is -0.369. The Morgan fingerprint density at radius 1 is 1.31 bits per heavy atom. The molecule has 0 fully saturated rings. The molecule has 1 aromatic carbocycles.